The third-order valence-corrected chi connectivity index (χ3v) is 10.6. The number of rotatable bonds is 8. The van der Waals surface area contributed by atoms with Gasteiger partial charge in [-0.1, -0.05) is 17.3 Å². The minimum absolute atomic E-state index is 0.0168. The molecule has 9 rings (SSSR count). The molecule has 2 heterocycles. The van der Waals surface area contributed by atoms with Crippen LogP contribution in [0.3, 0.4) is 0 Å². The van der Waals surface area contributed by atoms with Gasteiger partial charge in [0.15, 0.2) is 0 Å². The fourth-order valence-corrected chi connectivity index (χ4v) is 8.22. The summed E-state index contributed by atoms with van der Waals surface area (Å²) in [4.78, 5) is 23.8. The van der Waals surface area contributed by atoms with Crippen LogP contribution in [0.1, 0.15) is 88.3 Å². The van der Waals surface area contributed by atoms with Crippen LogP contribution in [0.5, 0.6) is 0 Å². The van der Waals surface area contributed by atoms with Crippen LogP contribution >= 0.6 is 0 Å². The summed E-state index contributed by atoms with van der Waals surface area (Å²) in [6.45, 7) is 1.09. The number of benzene rings is 1. The van der Waals surface area contributed by atoms with E-state index in [9.17, 15) is 31.1 Å². The van der Waals surface area contributed by atoms with E-state index in [1.165, 1.54) is 6.07 Å². The smallest absolute Gasteiger partial charge is 0.332 e. The quantitative estimate of drug-likeness (QED) is 0.238. The molecule has 2 aromatic heterocycles. The maximum absolute atomic E-state index is 14.3. The molecule has 6 fully saturated rings. The minimum atomic E-state index is -4.44. The fraction of sp³-hybridized carbons (Fsp3) is 0.562. The molecule has 44 heavy (non-hydrogen) atoms. The van der Waals surface area contributed by atoms with E-state index >= 15 is 0 Å². The van der Waals surface area contributed by atoms with Gasteiger partial charge < -0.3 is 9.42 Å². The Bertz CT molecular complexity index is 1550. The first-order valence-corrected chi connectivity index (χ1v) is 15.0. The van der Waals surface area contributed by atoms with Gasteiger partial charge in [-0.2, -0.15) is 26.9 Å². The summed E-state index contributed by atoms with van der Waals surface area (Å²) >= 11 is 0. The van der Waals surface area contributed by atoms with E-state index in [1.807, 2.05) is 0 Å². The van der Waals surface area contributed by atoms with E-state index in [0.29, 0.717) is 49.7 Å². The Morgan fingerprint density at radius 1 is 0.955 bits per heavy atom. The summed E-state index contributed by atoms with van der Waals surface area (Å²) in [7, 11) is 0. The standard InChI is InChI=1S/C32H32F6N4O2/c1-27(33,34)26-40-25(41-44-26)20-3-2-4-22(13-20)42(24(43)14-29-16-31(35,17-29)18-29)19-28-7-10-30(11-8-28,12-9-28)23-6-5-21(15-39-23)32(36,37)38/h2-6,13,15H,7-12,14,16-19H2,1H3. The number of carbonyl (C=O) groups excluding carboxylic acids is 1. The average Bonchev–Trinajstić information content (AvgIpc) is 3.47. The third kappa shape index (κ3) is 4.98. The van der Waals surface area contributed by atoms with E-state index in [2.05, 4.69) is 15.1 Å². The number of nitrogens with zero attached hydrogens (tertiary/aromatic N) is 4. The molecule has 4 bridgehead atoms. The molecule has 0 N–H and O–H groups in total. The number of alkyl halides is 6. The van der Waals surface area contributed by atoms with Gasteiger partial charge in [0.25, 0.3) is 5.89 Å². The zero-order valence-corrected chi connectivity index (χ0v) is 24.2. The van der Waals surface area contributed by atoms with Crippen molar-refractivity contribution in [3.05, 3.63) is 59.7 Å². The molecular weight excluding hydrogens is 586 g/mol. The van der Waals surface area contributed by atoms with Gasteiger partial charge in [-0.05, 0) is 92.9 Å². The predicted molar refractivity (Wildman–Crippen MR) is 147 cm³/mol. The first-order chi connectivity index (χ1) is 20.6. The lowest BCUT2D eigenvalue weighted by Gasteiger charge is -2.66. The number of fused-ring (bicyclic) bond motifs is 3. The lowest BCUT2D eigenvalue weighted by molar-refractivity contribution is -0.215. The molecule has 0 aliphatic heterocycles. The molecule has 1 aromatic carbocycles. The Balaban J connectivity index is 1.13. The van der Waals surface area contributed by atoms with Crippen molar-refractivity contribution in [2.24, 2.45) is 10.8 Å². The normalized spacial score (nSPS) is 30.9. The van der Waals surface area contributed by atoms with Crippen molar-refractivity contribution in [2.75, 3.05) is 11.4 Å². The molecule has 0 radical (unpaired) electrons. The van der Waals surface area contributed by atoms with Crippen LogP contribution in [0.4, 0.5) is 32.0 Å². The molecule has 1 amide bonds. The van der Waals surface area contributed by atoms with E-state index in [4.69, 9.17) is 4.52 Å². The van der Waals surface area contributed by atoms with Crippen molar-refractivity contribution in [3.8, 4) is 11.4 Å². The summed E-state index contributed by atoms with van der Waals surface area (Å²) in [6, 6.07) is 9.45. The Kier molecular flexibility index (Phi) is 6.34. The third-order valence-electron chi connectivity index (χ3n) is 10.6. The minimum Gasteiger partial charge on any atom is -0.332 e. The molecule has 0 atom stereocenters. The second kappa shape index (κ2) is 9.53. The molecule has 6 aliphatic carbocycles. The molecule has 0 spiro atoms. The Labute approximate surface area is 250 Å². The van der Waals surface area contributed by atoms with Crippen LogP contribution < -0.4 is 4.90 Å². The van der Waals surface area contributed by atoms with Gasteiger partial charge in [-0.25, -0.2) is 4.39 Å². The molecule has 6 saturated carbocycles. The molecule has 234 valence electrons. The van der Waals surface area contributed by atoms with Crippen LogP contribution in [-0.4, -0.2) is 33.2 Å². The number of hydrogen-bond acceptors (Lipinski definition) is 5. The SMILES string of the molecule is CC(F)(F)c1nc(-c2cccc(N(CC34CCC(c5ccc(C(F)(F)F)cn5)(CC3)CC4)C(=O)CC34CC(F)(C3)C4)c2)no1. The molecular formula is C32H32F6N4O2. The van der Waals surface area contributed by atoms with Crippen LogP contribution in [0.25, 0.3) is 11.4 Å². The summed E-state index contributed by atoms with van der Waals surface area (Å²) in [6.07, 6.45) is 2.45. The molecule has 6 aliphatic rings. The Morgan fingerprint density at radius 2 is 1.64 bits per heavy atom. The van der Waals surface area contributed by atoms with E-state index in [-0.39, 0.29) is 34.4 Å². The second-order valence-electron chi connectivity index (χ2n) is 13.9. The van der Waals surface area contributed by atoms with Crippen molar-refractivity contribution < 1.29 is 35.7 Å². The van der Waals surface area contributed by atoms with Gasteiger partial charge >= 0.3 is 12.1 Å². The molecule has 6 nitrogen and oxygen atoms in total. The highest BCUT2D eigenvalue weighted by Crippen LogP contribution is 2.71. The maximum atomic E-state index is 14.3. The van der Waals surface area contributed by atoms with Crippen molar-refractivity contribution in [2.45, 2.75) is 94.3 Å². The summed E-state index contributed by atoms with van der Waals surface area (Å²) in [5, 5.41) is 3.72. The van der Waals surface area contributed by atoms with Crippen LogP contribution in [0.2, 0.25) is 0 Å². The predicted octanol–water partition coefficient (Wildman–Crippen LogP) is 8.17. The number of carbonyl (C=O) groups is 1. The second-order valence-corrected chi connectivity index (χ2v) is 13.9. The summed E-state index contributed by atoms with van der Waals surface area (Å²) in [5.41, 5.74) is -1.03. The Morgan fingerprint density at radius 3 is 2.18 bits per heavy atom. The lowest BCUT2D eigenvalue weighted by atomic mass is 9.41. The lowest BCUT2D eigenvalue weighted by Crippen LogP contribution is -2.65. The molecule has 3 aromatic rings. The zero-order valence-electron chi connectivity index (χ0n) is 24.2. The van der Waals surface area contributed by atoms with Crippen molar-refractivity contribution in [3.63, 3.8) is 0 Å². The summed E-state index contributed by atoms with van der Waals surface area (Å²) in [5.74, 6) is -4.23. The first kappa shape index (κ1) is 29.3. The molecule has 12 heteroatoms. The van der Waals surface area contributed by atoms with Gasteiger partial charge in [0, 0.05) is 48.4 Å². The summed E-state index contributed by atoms with van der Waals surface area (Å²) < 4.78 is 85.9. The first-order valence-electron chi connectivity index (χ1n) is 15.0. The van der Waals surface area contributed by atoms with Gasteiger partial charge in [-0.3, -0.25) is 9.78 Å². The van der Waals surface area contributed by atoms with Crippen LogP contribution in [0, 0.1) is 10.8 Å². The van der Waals surface area contributed by atoms with Crippen LogP contribution in [0.15, 0.2) is 47.1 Å². The maximum Gasteiger partial charge on any atom is 0.417 e. The van der Waals surface area contributed by atoms with Gasteiger partial charge in [0.1, 0.15) is 5.67 Å². The molecule has 0 unspecified atom stereocenters. The van der Waals surface area contributed by atoms with E-state index in [1.54, 1.807) is 29.2 Å². The van der Waals surface area contributed by atoms with E-state index in [0.717, 1.165) is 50.8 Å². The number of pyridine rings is 1. The number of amides is 1. The monoisotopic (exact) mass is 618 g/mol. The number of anilines is 1. The highest BCUT2D eigenvalue weighted by Gasteiger charge is 2.69. The highest BCUT2D eigenvalue weighted by molar-refractivity contribution is 5.94. The number of halogens is 6. The number of aromatic nitrogens is 3. The largest absolute Gasteiger partial charge is 0.417 e. The van der Waals surface area contributed by atoms with Gasteiger partial charge in [0.2, 0.25) is 11.7 Å². The van der Waals surface area contributed by atoms with Crippen molar-refractivity contribution in [1.29, 1.82) is 0 Å². The van der Waals surface area contributed by atoms with Crippen LogP contribution in [-0.2, 0) is 22.3 Å². The van der Waals surface area contributed by atoms with Crippen molar-refractivity contribution >= 4 is 11.6 Å². The van der Waals surface area contributed by atoms with Crippen molar-refractivity contribution in [1.82, 2.24) is 15.1 Å². The van der Waals surface area contributed by atoms with Gasteiger partial charge in [0.05, 0.1) is 5.56 Å². The average molecular weight is 619 g/mol. The topological polar surface area (TPSA) is 72.1 Å². The highest BCUT2D eigenvalue weighted by atomic mass is 19.4. The van der Waals surface area contributed by atoms with Gasteiger partial charge in [-0.15, -0.1) is 0 Å². The van der Waals surface area contributed by atoms with E-state index < -0.39 is 29.2 Å². The Hall–Kier alpha value is -3.44. The molecule has 0 saturated heterocycles. The fourth-order valence-electron chi connectivity index (χ4n) is 8.22. The number of hydrogen-bond donors (Lipinski definition) is 0. The zero-order chi connectivity index (χ0) is 31.2.